The van der Waals surface area contributed by atoms with Crippen LogP contribution in [0.25, 0.3) is 11.5 Å². The van der Waals surface area contributed by atoms with E-state index < -0.39 is 0 Å². The Labute approximate surface area is 146 Å². The van der Waals surface area contributed by atoms with Gasteiger partial charge in [-0.05, 0) is 55.7 Å². The van der Waals surface area contributed by atoms with Crippen LogP contribution in [0.1, 0.15) is 32.1 Å². The summed E-state index contributed by atoms with van der Waals surface area (Å²) < 4.78 is 5.78. The molecule has 5 nitrogen and oxygen atoms in total. The molecule has 0 aliphatic heterocycles. The van der Waals surface area contributed by atoms with Gasteiger partial charge in [-0.25, -0.2) is 0 Å². The smallest absolute Gasteiger partial charge is 0.247 e. The van der Waals surface area contributed by atoms with Crippen molar-refractivity contribution in [2.75, 3.05) is 6.54 Å². The van der Waals surface area contributed by atoms with Crippen molar-refractivity contribution in [1.82, 2.24) is 20.4 Å². The van der Waals surface area contributed by atoms with Gasteiger partial charge in [0, 0.05) is 23.2 Å². The maximum atomic E-state index is 5.90. The molecular weight excluding hydrogens is 332 g/mol. The van der Waals surface area contributed by atoms with E-state index in [-0.39, 0.29) is 0 Å². The van der Waals surface area contributed by atoms with Gasteiger partial charge in [-0.1, -0.05) is 18.5 Å². The number of nitrogens with zero attached hydrogens (tertiary/aromatic N) is 3. The number of hydrogen-bond donors (Lipinski definition) is 1. The first-order chi connectivity index (χ1) is 11.2. The Morgan fingerprint density at radius 1 is 1.35 bits per heavy atom. The largest absolute Gasteiger partial charge is 0.419 e. The summed E-state index contributed by atoms with van der Waals surface area (Å²) in [6.07, 6.45) is 3.36. The lowest BCUT2D eigenvalue weighted by Gasteiger charge is -2.23. The lowest BCUT2D eigenvalue weighted by atomic mass is 10.2. The van der Waals surface area contributed by atoms with Crippen LogP contribution in [0.3, 0.4) is 0 Å². The second-order valence-electron chi connectivity index (χ2n) is 5.60. The summed E-state index contributed by atoms with van der Waals surface area (Å²) in [7, 11) is 0. The average molecular weight is 351 g/mol. The number of nitrogens with one attached hydrogen (secondary N) is 1. The number of halogens is 1. The van der Waals surface area contributed by atoms with Gasteiger partial charge in [0.15, 0.2) is 5.11 Å². The summed E-state index contributed by atoms with van der Waals surface area (Å²) in [6.45, 7) is 3.54. The zero-order valence-corrected chi connectivity index (χ0v) is 14.5. The molecule has 1 aromatic heterocycles. The van der Waals surface area contributed by atoms with Crippen LogP contribution in [0.5, 0.6) is 0 Å². The molecule has 122 valence electrons. The summed E-state index contributed by atoms with van der Waals surface area (Å²) >= 11 is 11.4. The van der Waals surface area contributed by atoms with Crippen molar-refractivity contribution in [1.29, 1.82) is 0 Å². The molecule has 1 saturated carbocycles. The van der Waals surface area contributed by atoms with Crippen molar-refractivity contribution < 1.29 is 4.42 Å². The van der Waals surface area contributed by atoms with E-state index in [1.807, 2.05) is 12.1 Å². The third-order valence-electron chi connectivity index (χ3n) is 3.64. The Bertz CT molecular complexity index is 669. The average Bonchev–Trinajstić information content (AvgIpc) is 3.29. The highest BCUT2D eigenvalue weighted by atomic mass is 35.5. The van der Waals surface area contributed by atoms with Gasteiger partial charge < -0.3 is 14.6 Å². The molecule has 0 amide bonds. The van der Waals surface area contributed by atoms with Crippen LogP contribution in [0.2, 0.25) is 5.02 Å². The molecule has 1 heterocycles. The minimum atomic E-state index is 0.484. The summed E-state index contributed by atoms with van der Waals surface area (Å²) in [5.41, 5.74) is 0.859. The molecule has 1 aromatic carbocycles. The summed E-state index contributed by atoms with van der Waals surface area (Å²) in [5.74, 6) is 1.07. The van der Waals surface area contributed by atoms with Crippen LogP contribution in [0, 0.1) is 0 Å². The minimum Gasteiger partial charge on any atom is -0.419 e. The molecule has 23 heavy (non-hydrogen) atoms. The fourth-order valence-electron chi connectivity index (χ4n) is 2.26. The van der Waals surface area contributed by atoms with Gasteiger partial charge in [0.2, 0.25) is 11.8 Å². The zero-order valence-electron chi connectivity index (χ0n) is 13.0. The molecule has 0 radical (unpaired) electrons. The molecule has 0 spiro atoms. The minimum absolute atomic E-state index is 0.484. The highest BCUT2D eigenvalue weighted by Crippen LogP contribution is 2.29. The molecule has 0 bridgehead atoms. The van der Waals surface area contributed by atoms with Gasteiger partial charge in [0.1, 0.15) is 0 Å². The van der Waals surface area contributed by atoms with Crippen LogP contribution in [-0.2, 0) is 6.54 Å². The first kappa shape index (κ1) is 16.2. The summed E-state index contributed by atoms with van der Waals surface area (Å²) in [6, 6.07) is 7.83. The highest BCUT2D eigenvalue weighted by Gasteiger charge is 2.32. The molecule has 1 aliphatic carbocycles. The van der Waals surface area contributed by atoms with E-state index in [1.165, 1.54) is 0 Å². The normalized spacial score (nSPS) is 13.8. The van der Waals surface area contributed by atoms with Crippen LogP contribution in [0.4, 0.5) is 0 Å². The van der Waals surface area contributed by atoms with E-state index in [9.17, 15) is 0 Å². The van der Waals surface area contributed by atoms with Gasteiger partial charge >= 0.3 is 0 Å². The SMILES string of the molecule is CCCNC(=S)N(Cc1nnc(-c2ccc(Cl)cc2)o1)C1CC1. The van der Waals surface area contributed by atoms with Crippen molar-refractivity contribution in [3.63, 3.8) is 0 Å². The Balaban J connectivity index is 1.69. The second kappa shape index (κ2) is 7.27. The monoisotopic (exact) mass is 350 g/mol. The Morgan fingerprint density at radius 3 is 2.74 bits per heavy atom. The van der Waals surface area contributed by atoms with Crippen LogP contribution in [0.15, 0.2) is 28.7 Å². The zero-order chi connectivity index (χ0) is 16.2. The van der Waals surface area contributed by atoms with Gasteiger partial charge in [0.25, 0.3) is 0 Å². The molecule has 0 saturated heterocycles. The van der Waals surface area contributed by atoms with Crippen LogP contribution in [-0.4, -0.2) is 32.8 Å². The predicted octanol–water partition coefficient (Wildman–Crippen LogP) is 3.64. The van der Waals surface area contributed by atoms with Crippen molar-refractivity contribution in [3.8, 4) is 11.5 Å². The third-order valence-corrected chi connectivity index (χ3v) is 4.27. The van der Waals surface area contributed by atoms with Crippen molar-refractivity contribution in [2.24, 2.45) is 0 Å². The van der Waals surface area contributed by atoms with E-state index >= 15 is 0 Å². The van der Waals surface area contributed by atoms with Crippen LogP contribution >= 0.6 is 23.8 Å². The number of aromatic nitrogens is 2. The molecule has 1 N–H and O–H groups in total. The van der Waals surface area contributed by atoms with E-state index in [2.05, 4.69) is 27.3 Å². The van der Waals surface area contributed by atoms with Crippen molar-refractivity contribution >= 4 is 28.9 Å². The van der Waals surface area contributed by atoms with Crippen molar-refractivity contribution in [3.05, 3.63) is 35.2 Å². The van der Waals surface area contributed by atoms with Crippen LogP contribution < -0.4 is 5.32 Å². The van der Waals surface area contributed by atoms with E-state index in [1.54, 1.807) is 12.1 Å². The standard InChI is InChI=1S/C16H19ClN4OS/c1-2-9-18-16(23)21(13-7-8-13)10-14-19-20-15(22-14)11-3-5-12(17)6-4-11/h3-6,13H,2,7-10H2,1H3,(H,18,23). The van der Waals surface area contributed by atoms with E-state index in [4.69, 9.17) is 28.2 Å². The lowest BCUT2D eigenvalue weighted by Crippen LogP contribution is -2.41. The number of benzene rings is 1. The van der Waals surface area contributed by atoms with Gasteiger partial charge in [-0.3, -0.25) is 0 Å². The quantitative estimate of drug-likeness (QED) is 0.803. The molecule has 2 aromatic rings. The maximum absolute atomic E-state index is 5.90. The van der Waals surface area contributed by atoms with E-state index in [0.29, 0.717) is 29.4 Å². The van der Waals surface area contributed by atoms with Crippen molar-refractivity contribution in [2.45, 2.75) is 38.8 Å². The fourth-order valence-corrected chi connectivity index (χ4v) is 2.70. The number of thiocarbonyl (C=S) groups is 1. The summed E-state index contributed by atoms with van der Waals surface area (Å²) in [4.78, 5) is 2.14. The molecule has 1 aliphatic rings. The van der Waals surface area contributed by atoms with E-state index in [0.717, 1.165) is 36.5 Å². The third kappa shape index (κ3) is 4.20. The molecule has 7 heteroatoms. The molecule has 0 atom stereocenters. The maximum Gasteiger partial charge on any atom is 0.247 e. The molecule has 1 fully saturated rings. The Kier molecular flexibility index (Phi) is 5.13. The first-order valence-electron chi connectivity index (χ1n) is 7.80. The topological polar surface area (TPSA) is 54.2 Å². The fraction of sp³-hybridized carbons (Fsp3) is 0.438. The Hall–Kier alpha value is -1.66. The first-order valence-corrected chi connectivity index (χ1v) is 8.58. The van der Waals surface area contributed by atoms with Gasteiger partial charge in [-0.15, -0.1) is 10.2 Å². The highest BCUT2D eigenvalue weighted by molar-refractivity contribution is 7.80. The Morgan fingerprint density at radius 2 is 2.09 bits per heavy atom. The van der Waals surface area contributed by atoms with Gasteiger partial charge in [-0.2, -0.15) is 0 Å². The number of hydrogen-bond acceptors (Lipinski definition) is 4. The molecule has 0 unspecified atom stereocenters. The molecule has 3 rings (SSSR count). The van der Waals surface area contributed by atoms with Gasteiger partial charge in [0.05, 0.1) is 6.54 Å². The second-order valence-corrected chi connectivity index (χ2v) is 6.42. The number of rotatable bonds is 6. The predicted molar refractivity (Wildman–Crippen MR) is 94.2 cm³/mol. The lowest BCUT2D eigenvalue weighted by molar-refractivity contribution is 0.343. The molecular formula is C16H19ClN4OS. The summed E-state index contributed by atoms with van der Waals surface area (Å²) in [5, 5.41) is 13.0.